The summed E-state index contributed by atoms with van der Waals surface area (Å²) in [6.45, 7) is 2.86. The number of thioether (sulfide) groups is 1. The van der Waals surface area contributed by atoms with Crippen LogP contribution in [0.2, 0.25) is 0 Å². The van der Waals surface area contributed by atoms with Crippen molar-refractivity contribution in [2.45, 2.75) is 50.1 Å². The van der Waals surface area contributed by atoms with E-state index in [1.807, 2.05) is 0 Å². The third-order valence-electron chi connectivity index (χ3n) is 3.34. The molecule has 1 aliphatic rings. The van der Waals surface area contributed by atoms with E-state index in [9.17, 15) is 28.3 Å². The number of hydrogen-bond donors (Lipinski definition) is 4. The van der Waals surface area contributed by atoms with Crippen molar-refractivity contribution in [2.24, 2.45) is 11.1 Å². The highest BCUT2D eigenvalue weighted by Gasteiger charge is 2.44. The van der Waals surface area contributed by atoms with E-state index in [0.29, 0.717) is 6.42 Å². The summed E-state index contributed by atoms with van der Waals surface area (Å²) in [7, 11) is -5.03. The van der Waals surface area contributed by atoms with Gasteiger partial charge in [0.2, 0.25) is 0 Å². The van der Waals surface area contributed by atoms with Crippen LogP contribution in [0.1, 0.15) is 20.3 Å². The molecule has 23 heavy (non-hydrogen) atoms. The van der Waals surface area contributed by atoms with E-state index in [2.05, 4.69) is 9.44 Å². The molecule has 4 N–H and O–H groups in total. The summed E-state index contributed by atoms with van der Waals surface area (Å²) in [5.74, 6) is -0.325. The smallest absolute Gasteiger partial charge is 0.284 e. The zero-order valence-corrected chi connectivity index (χ0v) is 14.1. The Morgan fingerprint density at radius 3 is 2.43 bits per heavy atom. The van der Waals surface area contributed by atoms with Gasteiger partial charge in [0.1, 0.15) is 34.9 Å². The van der Waals surface area contributed by atoms with Crippen LogP contribution in [0, 0.1) is 5.92 Å². The number of oxime groups is 1. The van der Waals surface area contributed by atoms with Crippen molar-refractivity contribution in [2.75, 3.05) is 6.61 Å². The fourth-order valence-corrected chi connectivity index (χ4v) is 3.20. The highest BCUT2D eigenvalue weighted by atomic mass is 32.3. The summed E-state index contributed by atoms with van der Waals surface area (Å²) in [6, 6.07) is 0. The largest absolute Gasteiger partial charge is 0.714 e. The van der Waals surface area contributed by atoms with Crippen LogP contribution in [0.25, 0.3) is 0 Å². The first-order valence-electron chi connectivity index (χ1n) is 6.80. The van der Waals surface area contributed by atoms with Gasteiger partial charge >= 0.3 is 0 Å². The summed E-state index contributed by atoms with van der Waals surface area (Å²) >= 11 is 0.739. The molecule has 136 valence electrons. The van der Waals surface area contributed by atoms with Crippen molar-refractivity contribution in [3.8, 4) is 0 Å². The first kappa shape index (κ1) is 20.6. The maximum Gasteiger partial charge on any atom is 0.284 e. The third-order valence-corrected chi connectivity index (χ3v) is 4.94. The lowest BCUT2D eigenvalue weighted by molar-refractivity contribution is -0.205. The van der Waals surface area contributed by atoms with Gasteiger partial charge < -0.3 is 29.7 Å². The molecule has 0 saturated carbocycles. The monoisotopic (exact) mass is 374 g/mol. The quantitative estimate of drug-likeness (QED) is 0.139. The molecule has 1 aliphatic heterocycles. The van der Waals surface area contributed by atoms with Crippen LogP contribution in [0.3, 0.4) is 0 Å². The zero-order chi connectivity index (χ0) is 17.8. The Balaban J connectivity index is 2.93. The molecule has 0 radical (unpaired) electrons. The van der Waals surface area contributed by atoms with E-state index in [1.54, 1.807) is 13.8 Å². The molecule has 1 saturated heterocycles. The first-order chi connectivity index (χ1) is 10.6. The van der Waals surface area contributed by atoms with Gasteiger partial charge in [0.25, 0.3) is 10.4 Å². The van der Waals surface area contributed by atoms with E-state index in [0.717, 1.165) is 11.8 Å². The maximum absolute atomic E-state index is 10.5. The van der Waals surface area contributed by atoms with Gasteiger partial charge in [0.05, 0.1) is 6.61 Å². The molecule has 10 nitrogen and oxygen atoms in total. The second-order valence-electron chi connectivity index (χ2n) is 5.04. The Morgan fingerprint density at radius 1 is 1.35 bits per heavy atom. The first-order valence-corrected chi connectivity index (χ1v) is 9.01. The minimum atomic E-state index is -5.03. The molecule has 6 unspecified atom stereocenters. The molecule has 1 rings (SSSR count). The molecule has 0 aromatic rings. The molecule has 0 aromatic carbocycles. The molecule has 12 heteroatoms. The third kappa shape index (κ3) is 5.83. The fourth-order valence-electron chi connectivity index (χ4n) is 1.77. The summed E-state index contributed by atoms with van der Waals surface area (Å²) in [5, 5.41) is 41.8. The number of nitrogens with zero attached hydrogens (tertiary/aromatic N) is 1. The second-order valence-corrected chi connectivity index (χ2v) is 7.12. The van der Waals surface area contributed by atoms with Crippen molar-refractivity contribution < 1.29 is 42.4 Å². The van der Waals surface area contributed by atoms with Gasteiger partial charge in [-0.05, 0) is 6.42 Å². The summed E-state index contributed by atoms with van der Waals surface area (Å²) in [5.41, 5.74) is -1.14. The summed E-state index contributed by atoms with van der Waals surface area (Å²) in [4.78, 5) is 0. The zero-order valence-electron chi connectivity index (χ0n) is 12.5. The lowest BCUT2D eigenvalue weighted by Crippen LogP contribution is -2.57. The average Bonchev–Trinajstić information content (AvgIpc) is 2.49. The van der Waals surface area contributed by atoms with Gasteiger partial charge in [0.15, 0.2) is 0 Å². The van der Waals surface area contributed by atoms with Gasteiger partial charge in [0, 0.05) is 5.92 Å². The highest BCUT2D eigenvalue weighted by molar-refractivity contribution is 8.14. The lowest BCUT2D eigenvalue weighted by atomic mass is 10.0. The van der Waals surface area contributed by atoms with E-state index in [-0.39, 0.29) is 11.0 Å². The van der Waals surface area contributed by atoms with Crippen molar-refractivity contribution in [3.05, 3.63) is 0 Å². The topological polar surface area (TPSA) is 169 Å². The van der Waals surface area contributed by atoms with Crippen LogP contribution in [0.4, 0.5) is 0 Å². The number of ether oxygens (including phenoxy) is 1. The van der Waals surface area contributed by atoms with E-state index >= 15 is 0 Å². The van der Waals surface area contributed by atoms with Crippen molar-refractivity contribution in [1.82, 2.24) is 0 Å². The molecule has 0 aromatic heterocycles. The Kier molecular flexibility index (Phi) is 7.67. The minimum absolute atomic E-state index is 0.0521. The lowest BCUT2D eigenvalue weighted by Gasteiger charge is -2.39. The van der Waals surface area contributed by atoms with Gasteiger partial charge in [-0.25, -0.2) is 0 Å². The Hall–Kier alpha value is -0.470. The van der Waals surface area contributed by atoms with Crippen molar-refractivity contribution in [1.29, 1.82) is 0 Å². The molecule has 0 aliphatic carbocycles. The molecule has 1 heterocycles. The Labute approximate surface area is 138 Å². The maximum atomic E-state index is 10.5. The van der Waals surface area contributed by atoms with Crippen LogP contribution >= 0.6 is 11.8 Å². The number of aliphatic hydroxyl groups is 4. The van der Waals surface area contributed by atoms with Gasteiger partial charge in [-0.1, -0.05) is 30.8 Å². The number of hydrogen-bond acceptors (Lipinski definition) is 11. The molecule has 1 fully saturated rings. The Bertz CT molecular complexity index is 510. The molecule has 6 atom stereocenters. The van der Waals surface area contributed by atoms with Crippen LogP contribution < -0.4 is 0 Å². The standard InChI is InChI=1S/C11H21NO9S2/c1-3-5(2)10(12-21-23(17,18)19)22-11-9(16)8(15)7(14)6(4-13)20-11/h5-9,11,13-16H,3-4H2,1-2H3,(H,17,18,19)/p-1. The normalized spacial score (nSPS) is 34.2. The van der Waals surface area contributed by atoms with Crippen LogP contribution in [0.5, 0.6) is 0 Å². The van der Waals surface area contributed by atoms with Crippen molar-refractivity contribution >= 4 is 27.2 Å². The highest BCUT2D eigenvalue weighted by Crippen LogP contribution is 2.31. The van der Waals surface area contributed by atoms with Crippen molar-refractivity contribution in [3.63, 3.8) is 0 Å². The SMILES string of the molecule is CCC(C)C(=NOS(=O)(=O)[O-])SC1OC(CO)C(O)C(O)C1O. The molecular formula is C11H20NO9S2-. The number of aliphatic hydroxyl groups excluding tert-OH is 4. The molecule has 0 bridgehead atoms. The summed E-state index contributed by atoms with van der Waals surface area (Å²) < 4.78 is 40.7. The van der Waals surface area contributed by atoms with Gasteiger partial charge in [-0.2, -0.15) is 8.42 Å². The van der Waals surface area contributed by atoms with Crippen LogP contribution in [-0.4, -0.2) is 74.9 Å². The number of rotatable bonds is 6. The summed E-state index contributed by atoms with van der Waals surface area (Å²) in [6.07, 6.45) is -5.18. The van der Waals surface area contributed by atoms with E-state index in [1.165, 1.54) is 0 Å². The average molecular weight is 374 g/mol. The molecule has 0 spiro atoms. The second kappa shape index (κ2) is 8.58. The minimum Gasteiger partial charge on any atom is -0.714 e. The van der Waals surface area contributed by atoms with Gasteiger partial charge in [-0.3, -0.25) is 4.28 Å². The molecule has 0 amide bonds. The predicted octanol–water partition coefficient (Wildman–Crippen LogP) is -1.64. The predicted molar refractivity (Wildman–Crippen MR) is 79.0 cm³/mol. The Morgan fingerprint density at radius 2 is 1.96 bits per heavy atom. The fraction of sp³-hybridized carbons (Fsp3) is 0.909. The van der Waals surface area contributed by atoms with Gasteiger partial charge in [-0.15, -0.1) is 0 Å². The molecular weight excluding hydrogens is 354 g/mol. The van der Waals surface area contributed by atoms with Crippen LogP contribution in [0.15, 0.2) is 5.16 Å². The van der Waals surface area contributed by atoms with E-state index < -0.39 is 46.9 Å². The van der Waals surface area contributed by atoms with E-state index in [4.69, 9.17) is 9.84 Å². The van der Waals surface area contributed by atoms with Crippen LogP contribution in [-0.2, 0) is 19.4 Å².